The van der Waals surface area contributed by atoms with Crippen LogP contribution in [0.3, 0.4) is 0 Å². The highest BCUT2D eigenvalue weighted by Gasteiger charge is 2.64. The van der Waals surface area contributed by atoms with Gasteiger partial charge in [-0.15, -0.1) is 0 Å². The molecule has 3 aliphatic rings. The quantitative estimate of drug-likeness (QED) is 0.241. The van der Waals surface area contributed by atoms with Crippen molar-refractivity contribution in [2.45, 2.75) is 65.4 Å². The van der Waals surface area contributed by atoms with E-state index in [1.54, 1.807) is 12.5 Å². The van der Waals surface area contributed by atoms with Gasteiger partial charge in [0.25, 0.3) is 10.4 Å². The molecule has 1 saturated carbocycles. The molecule has 1 aromatic heterocycles. The van der Waals surface area contributed by atoms with Crippen LogP contribution < -0.4 is 0 Å². The number of allylic oxidation sites excluding steroid dienone is 2. The summed E-state index contributed by atoms with van der Waals surface area (Å²) in [6, 6.07) is 1.95. The van der Waals surface area contributed by atoms with Crippen LogP contribution in [0, 0.1) is 23.7 Å². The van der Waals surface area contributed by atoms with E-state index in [2.05, 4.69) is 19.9 Å². The number of furan rings is 1. The van der Waals surface area contributed by atoms with Crippen LogP contribution in [0.25, 0.3) is 0 Å². The summed E-state index contributed by atoms with van der Waals surface area (Å²) in [7, 11) is -5.08. The summed E-state index contributed by atoms with van der Waals surface area (Å²) >= 11 is 0. The highest BCUT2D eigenvalue weighted by atomic mass is 32.3. The van der Waals surface area contributed by atoms with E-state index in [1.165, 1.54) is 12.5 Å². The molecule has 2 aliphatic carbocycles. The minimum atomic E-state index is -5.08. The molecule has 0 bridgehead atoms. The number of esters is 1. The van der Waals surface area contributed by atoms with E-state index in [4.69, 9.17) is 13.3 Å². The van der Waals surface area contributed by atoms with Crippen LogP contribution >= 0.6 is 0 Å². The highest BCUT2D eigenvalue weighted by molar-refractivity contribution is 7.80. The fraction of sp³-hybridized carbons (Fsp3) is 0.560. The molecule has 8 heteroatoms. The van der Waals surface area contributed by atoms with Gasteiger partial charge < -0.3 is 17.9 Å². The maximum absolute atomic E-state index is 12.7. The van der Waals surface area contributed by atoms with Gasteiger partial charge in [0.1, 0.15) is 0 Å². The Labute approximate surface area is 195 Å². The van der Waals surface area contributed by atoms with Crippen molar-refractivity contribution < 1.29 is 31.1 Å². The second-order valence-corrected chi connectivity index (χ2v) is 10.7. The molecule has 0 radical (unpaired) electrons. The number of hydrogen-bond acceptors (Lipinski definition) is 7. The number of aryl methyl sites for hydroxylation is 1. The summed E-state index contributed by atoms with van der Waals surface area (Å²) in [6.07, 6.45) is 12.0. The van der Waals surface area contributed by atoms with Gasteiger partial charge in [-0.2, -0.15) is 0 Å². The Hall–Kier alpha value is -2.32. The summed E-state index contributed by atoms with van der Waals surface area (Å²) in [5.74, 6) is -1.05. The second kappa shape index (κ2) is 8.80. The Morgan fingerprint density at radius 2 is 2.09 bits per heavy atom. The standard InChI is InChI=1S/C25H32O7S/c1-15(6-5-7-19-10-11-30-14-19)12-20-13-17(3)21-9-8-16(2)22(21)25(20)23(32-33(27,28)29)18(4)24(26)31-25/h10-14,16,20-22H,5-9H2,1-4H3,(H,27,28,29)/p-1/b15-12+/t16-,20+,21-,22+,25-/m0/s1. The van der Waals surface area contributed by atoms with Gasteiger partial charge in [0.15, 0.2) is 11.4 Å². The molecule has 1 fully saturated rings. The zero-order valence-electron chi connectivity index (χ0n) is 19.5. The Morgan fingerprint density at radius 3 is 2.76 bits per heavy atom. The molecule has 180 valence electrons. The predicted molar refractivity (Wildman–Crippen MR) is 120 cm³/mol. The van der Waals surface area contributed by atoms with Gasteiger partial charge in [-0.1, -0.05) is 30.2 Å². The molecule has 1 aromatic rings. The van der Waals surface area contributed by atoms with Crippen molar-refractivity contribution in [2.75, 3.05) is 0 Å². The fourth-order valence-corrected chi connectivity index (χ4v) is 6.54. The van der Waals surface area contributed by atoms with Crippen molar-refractivity contribution >= 4 is 16.4 Å². The van der Waals surface area contributed by atoms with Crippen LogP contribution in [0.15, 0.2) is 57.6 Å². The summed E-state index contributed by atoms with van der Waals surface area (Å²) in [5, 5.41) is 0. The van der Waals surface area contributed by atoms with E-state index in [1.807, 2.05) is 19.1 Å². The third-order valence-electron chi connectivity index (χ3n) is 7.53. The summed E-state index contributed by atoms with van der Waals surface area (Å²) in [6.45, 7) is 7.66. The number of carbonyl (C=O) groups is 1. The molecular formula is C25H31O7S-. The van der Waals surface area contributed by atoms with Crippen molar-refractivity contribution in [2.24, 2.45) is 23.7 Å². The molecule has 0 saturated heterocycles. The molecule has 0 aromatic carbocycles. The maximum Gasteiger partial charge on any atom is 0.338 e. The molecule has 33 heavy (non-hydrogen) atoms. The smallest absolute Gasteiger partial charge is 0.338 e. The van der Waals surface area contributed by atoms with Gasteiger partial charge in [-0.3, -0.25) is 0 Å². The topological polar surface area (TPSA) is 106 Å². The van der Waals surface area contributed by atoms with Crippen LogP contribution in [0.4, 0.5) is 0 Å². The first-order valence-electron chi connectivity index (χ1n) is 11.5. The van der Waals surface area contributed by atoms with Crippen LogP contribution in [0.5, 0.6) is 0 Å². The van der Waals surface area contributed by atoms with Crippen molar-refractivity contribution in [3.63, 3.8) is 0 Å². The van der Waals surface area contributed by atoms with Crippen molar-refractivity contribution in [1.29, 1.82) is 0 Å². The number of hydrogen-bond donors (Lipinski definition) is 0. The summed E-state index contributed by atoms with van der Waals surface area (Å²) < 4.78 is 51.1. The zero-order valence-corrected chi connectivity index (χ0v) is 20.3. The van der Waals surface area contributed by atoms with Gasteiger partial charge in [0.05, 0.1) is 18.1 Å². The lowest BCUT2D eigenvalue weighted by molar-refractivity contribution is -0.160. The van der Waals surface area contributed by atoms with E-state index >= 15 is 0 Å². The summed E-state index contributed by atoms with van der Waals surface area (Å²) in [5.41, 5.74) is 2.16. The number of fused-ring (bicyclic) bond motifs is 2. The first-order valence-corrected chi connectivity index (χ1v) is 12.8. The van der Waals surface area contributed by atoms with Gasteiger partial charge in [0, 0.05) is 11.8 Å². The fourth-order valence-electron chi connectivity index (χ4n) is 6.08. The molecular weight excluding hydrogens is 444 g/mol. The molecule has 0 amide bonds. The molecule has 7 nitrogen and oxygen atoms in total. The molecule has 1 aliphatic heterocycles. The van der Waals surface area contributed by atoms with Crippen LogP contribution in [0.1, 0.15) is 58.9 Å². The van der Waals surface area contributed by atoms with Gasteiger partial charge in [-0.25, -0.2) is 13.2 Å². The Bertz CT molecular complexity index is 1110. The average Bonchev–Trinajstić information content (AvgIpc) is 3.42. The average molecular weight is 476 g/mol. The minimum Gasteiger partial charge on any atom is -0.716 e. The maximum atomic E-state index is 12.7. The van der Waals surface area contributed by atoms with E-state index < -0.39 is 27.9 Å². The van der Waals surface area contributed by atoms with Crippen LogP contribution in [-0.2, 0) is 30.5 Å². The second-order valence-electron chi connectivity index (χ2n) is 9.75. The number of carbonyl (C=O) groups excluding carboxylic acids is 1. The molecule has 2 heterocycles. The van der Waals surface area contributed by atoms with Crippen molar-refractivity contribution in [3.8, 4) is 0 Å². The first-order chi connectivity index (χ1) is 15.5. The monoisotopic (exact) mass is 475 g/mol. The van der Waals surface area contributed by atoms with Crippen LogP contribution in [0.2, 0.25) is 0 Å². The van der Waals surface area contributed by atoms with Gasteiger partial charge in [0.2, 0.25) is 0 Å². The normalized spacial score (nSPS) is 32.2. The lowest BCUT2D eigenvalue weighted by Gasteiger charge is -2.47. The Kier molecular flexibility index (Phi) is 6.35. The largest absolute Gasteiger partial charge is 0.716 e. The molecule has 4 rings (SSSR count). The van der Waals surface area contributed by atoms with E-state index in [-0.39, 0.29) is 29.1 Å². The van der Waals surface area contributed by atoms with Gasteiger partial charge >= 0.3 is 5.97 Å². The molecule has 5 atom stereocenters. The van der Waals surface area contributed by atoms with Crippen LogP contribution in [-0.4, -0.2) is 24.5 Å². The predicted octanol–water partition coefficient (Wildman–Crippen LogP) is 4.83. The van der Waals surface area contributed by atoms with E-state index in [9.17, 15) is 17.8 Å². The van der Waals surface area contributed by atoms with Gasteiger partial charge in [-0.05, 0) is 76.3 Å². The molecule has 0 unspecified atom stereocenters. The summed E-state index contributed by atoms with van der Waals surface area (Å²) in [4.78, 5) is 12.7. The lowest BCUT2D eigenvalue weighted by atomic mass is 9.62. The Balaban J connectivity index is 1.73. The minimum absolute atomic E-state index is 0.0521. The molecule has 0 N–H and O–H groups in total. The SMILES string of the molecule is CC1=C[C@@H](/C=C(\C)CCCc2ccoc2)[C@]2(OC(=O)C(C)=C2OS(=O)(=O)[O-])[C@@H]2[C@@H](C)CC[C@@H]12. The van der Waals surface area contributed by atoms with E-state index in [0.29, 0.717) is 0 Å². The zero-order chi connectivity index (χ0) is 24.0. The molecule has 1 spiro atoms. The third-order valence-corrected chi connectivity index (χ3v) is 7.90. The van der Waals surface area contributed by atoms with E-state index in [0.717, 1.165) is 43.2 Å². The number of ether oxygens (including phenoxy) is 1. The first kappa shape index (κ1) is 23.8. The Morgan fingerprint density at radius 1 is 1.33 bits per heavy atom. The van der Waals surface area contributed by atoms with Crippen molar-refractivity contribution in [1.82, 2.24) is 0 Å². The number of rotatable bonds is 7. The van der Waals surface area contributed by atoms with Crippen molar-refractivity contribution in [3.05, 3.63) is 58.8 Å². The lowest BCUT2D eigenvalue weighted by Crippen LogP contribution is -2.53. The third kappa shape index (κ3) is 4.43. The highest BCUT2D eigenvalue weighted by Crippen LogP contribution is 2.59.